The van der Waals surface area contributed by atoms with E-state index in [0.29, 0.717) is 11.1 Å². The van der Waals surface area contributed by atoms with Crippen molar-refractivity contribution in [1.29, 1.82) is 0 Å². The van der Waals surface area contributed by atoms with Crippen molar-refractivity contribution >= 4 is 33.4 Å². The third-order valence-electron chi connectivity index (χ3n) is 4.11. The lowest BCUT2D eigenvalue weighted by molar-refractivity contribution is -0.140. The van der Waals surface area contributed by atoms with Gasteiger partial charge < -0.3 is 15.1 Å². The van der Waals surface area contributed by atoms with Gasteiger partial charge in [0.25, 0.3) is 11.7 Å². The van der Waals surface area contributed by atoms with E-state index in [2.05, 4.69) is 15.9 Å². The fourth-order valence-electron chi connectivity index (χ4n) is 2.96. The summed E-state index contributed by atoms with van der Waals surface area (Å²) in [4.78, 5) is 26.3. The number of hydrogen-bond donors (Lipinski definition) is 2. The molecule has 1 aliphatic rings. The Morgan fingerprint density at radius 1 is 1.04 bits per heavy atom. The van der Waals surface area contributed by atoms with Gasteiger partial charge in [0.2, 0.25) is 0 Å². The van der Waals surface area contributed by atoms with Crippen molar-refractivity contribution < 1.29 is 19.8 Å². The van der Waals surface area contributed by atoms with Crippen LogP contribution in [0.25, 0.3) is 5.76 Å². The summed E-state index contributed by atoms with van der Waals surface area (Å²) in [5.74, 6) is -1.69. The minimum absolute atomic E-state index is 0.0108. The molecule has 1 fully saturated rings. The lowest BCUT2D eigenvalue weighted by Gasteiger charge is -2.24. The van der Waals surface area contributed by atoms with Crippen LogP contribution >= 0.6 is 15.9 Å². The van der Waals surface area contributed by atoms with Crippen molar-refractivity contribution in [2.24, 2.45) is 0 Å². The predicted octanol–water partition coefficient (Wildman–Crippen LogP) is 2.86. The van der Waals surface area contributed by atoms with Crippen molar-refractivity contribution in [3.63, 3.8) is 0 Å². The van der Waals surface area contributed by atoms with Crippen LogP contribution < -0.4 is 0 Å². The zero-order valence-electron chi connectivity index (χ0n) is 13.2. The molecule has 0 aromatic heterocycles. The zero-order chi connectivity index (χ0) is 18.0. The molecule has 0 saturated carbocycles. The molecule has 0 radical (unpaired) electrons. The molecule has 2 aromatic rings. The van der Waals surface area contributed by atoms with Gasteiger partial charge in [0.1, 0.15) is 5.76 Å². The monoisotopic (exact) mass is 401 g/mol. The molecular weight excluding hydrogens is 386 g/mol. The molecule has 1 heterocycles. The fraction of sp³-hybridized carbons (Fsp3) is 0.158. The molecule has 0 aliphatic carbocycles. The molecule has 3 rings (SSSR count). The number of amides is 1. The number of carbonyl (C=O) groups excluding carboxylic acids is 2. The van der Waals surface area contributed by atoms with Crippen LogP contribution in [0.3, 0.4) is 0 Å². The minimum atomic E-state index is -0.747. The maximum absolute atomic E-state index is 12.6. The maximum Gasteiger partial charge on any atom is 0.295 e. The summed E-state index contributed by atoms with van der Waals surface area (Å²) in [6, 6.07) is 15.1. The number of nitrogens with zero attached hydrogens (tertiary/aromatic N) is 1. The van der Waals surface area contributed by atoms with Crippen molar-refractivity contribution in [3.05, 3.63) is 75.8 Å². The van der Waals surface area contributed by atoms with Gasteiger partial charge in [-0.25, -0.2) is 0 Å². The Labute approximate surface area is 153 Å². The normalized spacial score (nSPS) is 19.4. The number of halogens is 1. The number of aliphatic hydroxyl groups is 2. The Hall–Kier alpha value is -2.44. The Balaban J connectivity index is 2.18. The Morgan fingerprint density at radius 2 is 1.68 bits per heavy atom. The number of likely N-dealkylation sites (tertiary alicyclic amines) is 1. The molecule has 2 N–H and O–H groups in total. The average Bonchev–Trinajstić information content (AvgIpc) is 2.88. The molecule has 25 heavy (non-hydrogen) atoms. The van der Waals surface area contributed by atoms with Gasteiger partial charge in [-0.1, -0.05) is 58.4 Å². The summed E-state index contributed by atoms with van der Waals surface area (Å²) in [7, 11) is 0. The van der Waals surface area contributed by atoms with Crippen molar-refractivity contribution in [1.82, 2.24) is 4.90 Å². The first kappa shape index (κ1) is 17.4. The van der Waals surface area contributed by atoms with E-state index in [-0.39, 0.29) is 24.5 Å². The van der Waals surface area contributed by atoms with Crippen LogP contribution in [0.5, 0.6) is 0 Å². The lowest BCUT2D eigenvalue weighted by Crippen LogP contribution is -2.32. The smallest absolute Gasteiger partial charge is 0.295 e. The first-order valence-electron chi connectivity index (χ1n) is 7.74. The van der Waals surface area contributed by atoms with Gasteiger partial charge in [-0.3, -0.25) is 9.59 Å². The number of Topliss-reactive ketones (excluding diaryl/α,β-unsaturated/α-hetero) is 1. The molecule has 2 aromatic carbocycles. The van der Waals surface area contributed by atoms with Crippen LogP contribution in [0.15, 0.2) is 64.6 Å². The first-order chi connectivity index (χ1) is 12.0. The molecule has 1 amide bonds. The van der Waals surface area contributed by atoms with Crippen molar-refractivity contribution in [2.45, 2.75) is 6.04 Å². The largest absolute Gasteiger partial charge is 0.507 e. The van der Waals surface area contributed by atoms with Crippen LogP contribution in [0.4, 0.5) is 0 Å². The van der Waals surface area contributed by atoms with E-state index in [0.717, 1.165) is 4.47 Å². The highest BCUT2D eigenvalue weighted by Crippen LogP contribution is 2.39. The Kier molecular flexibility index (Phi) is 5.01. The van der Waals surface area contributed by atoms with Gasteiger partial charge in [0.15, 0.2) is 0 Å². The second kappa shape index (κ2) is 7.21. The average molecular weight is 402 g/mol. The number of aliphatic hydroxyl groups excluding tert-OH is 2. The first-order valence-corrected chi connectivity index (χ1v) is 8.54. The van der Waals surface area contributed by atoms with Gasteiger partial charge >= 0.3 is 0 Å². The molecule has 1 saturated heterocycles. The van der Waals surface area contributed by atoms with Gasteiger partial charge in [0.05, 0.1) is 18.2 Å². The third kappa shape index (κ3) is 3.23. The highest BCUT2D eigenvalue weighted by Gasteiger charge is 2.45. The maximum atomic E-state index is 12.6. The zero-order valence-corrected chi connectivity index (χ0v) is 14.8. The topological polar surface area (TPSA) is 77.8 Å². The van der Waals surface area contributed by atoms with Crippen molar-refractivity contribution in [2.75, 3.05) is 13.2 Å². The summed E-state index contributed by atoms with van der Waals surface area (Å²) >= 11 is 3.36. The van der Waals surface area contributed by atoms with Gasteiger partial charge in [-0.05, 0) is 17.7 Å². The van der Waals surface area contributed by atoms with E-state index in [9.17, 15) is 19.8 Å². The van der Waals surface area contributed by atoms with Gasteiger partial charge in [-0.2, -0.15) is 0 Å². The van der Waals surface area contributed by atoms with Crippen LogP contribution in [0.1, 0.15) is 17.2 Å². The summed E-state index contributed by atoms with van der Waals surface area (Å²) in [6.07, 6.45) is 0. The van der Waals surface area contributed by atoms with E-state index in [1.165, 1.54) is 4.90 Å². The standard InChI is InChI=1S/C19H16BrNO4/c20-14-8-6-12(7-9-14)16-15(17(23)13-4-2-1-3-5-13)18(24)19(25)21(16)10-11-22/h1-9,16,22-23H,10-11H2/b17-15+/t16-/m0/s1. The molecule has 0 bridgehead atoms. The van der Waals surface area contributed by atoms with Crippen LogP contribution in [0.2, 0.25) is 0 Å². The number of ketones is 1. The summed E-state index contributed by atoms with van der Waals surface area (Å²) in [5, 5.41) is 20.0. The van der Waals surface area contributed by atoms with E-state index in [1.54, 1.807) is 54.6 Å². The molecular formula is C19H16BrNO4. The third-order valence-corrected chi connectivity index (χ3v) is 4.64. The summed E-state index contributed by atoms with van der Waals surface area (Å²) in [5.41, 5.74) is 1.19. The molecule has 1 atom stereocenters. The molecule has 128 valence electrons. The van der Waals surface area contributed by atoms with Crippen molar-refractivity contribution in [3.8, 4) is 0 Å². The molecule has 0 unspecified atom stereocenters. The highest BCUT2D eigenvalue weighted by molar-refractivity contribution is 9.10. The Bertz CT molecular complexity index is 830. The van der Waals surface area contributed by atoms with Gasteiger partial charge in [0, 0.05) is 16.6 Å². The highest BCUT2D eigenvalue weighted by atomic mass is 79.9. The van der Waals surface area contributed by atoms with E-state index in [1.807, 2.05) is 0 Å². The summed E-state index contributed by atoms with van der Waals surface area (Å²) < 4.78 is 0.860. The second-order valence-electron chi connectivity index (χ2n) is 5.63. The van der Waals surface area contributed by atoms with E-state index in [4.69, 9.17) is 0 Å². The quantitative estimate of drug-likeness (QED) is 0.469. The molecule has 6 heteroatoms. The number of benzene rings is 2. The minimum Gasteiger partial charge on any atom is -0.507 e. The fourth-order valence-corrected chi connectivity index (χ4v) is 3.23. The van der Waals surface area contributed by atoms with Crippen LogP contribution in [-0.4, -0.2) is 40.0 Å². The van der Waals surface area contributed by atoms with Crippen LogP contribution in [-0.2, 0) is 9.59 Å². The molecule has 1 aliphatic heterocycles. The van der Waals surface area contributed by atoms with Crippen LogP contribution in [0, 0.1) is 0 Å². The Morgan fingerprint density at radius 3 is 2.28 bits per heavy atom. The number of carbonyl (C=O) groups is 2. The number of rotatable bonds is 4. The molecule has 5 nitrogen and oxygen atoms in total. The van der Waals surface area contributed by atoms with E-state index >= 15 is 0 Å². The number of hydrogen-bond acceptors (Lipinski definition) is 4. The lowest BCUT2D eigenvalue weighted by atomic mass is 9.95. The van der Waals surface area contributed by atoms with E-state index < -0.39 is 17.7 Å². The second-order valence-corrected chi connectivity index (χ2v) is 6.55. The predicted molar refractivity (Wildman–Crippen MR) is 96.7 cm³/mol. The van der Waals surface area contributed by atoms with Gasteiger partial charge in [-0.15, -0.1) is 0 Å². The SMILES string of the molecule is O=C1C(=O)N(CCO)[C@@H](c2ccc(Br)cc2)/C1=C(\O)c1ccccc1. The summed E-state index contributed by atoms with van der Waals surface area (Å²) in [6.45, 7) is -0.262. The molecule has 0 spiro atoms. The number of β-amino-alcohol motifs (C(OH)–C–C–N with tert-alkyl or cyclic N) is 1.